The van der Waals surface area contributed by atoms with Crippen molar-refractivity contribution in [1.82, 2.24) is 0 Å². The van der Waals surface area contributed by atoms with Gasteiger partial charge in [-0.15, -0.1) is 0 Å². The molecule has 86 valence electrons. The molecule has 0 saturated heterocycles. The molecule has 0 radical (unpaired) electrons. The van der Waals surface area contributed by atoms with Crippen LogP contribution in [-0.2, 0) is 6.42 Å². The first-order valence-electron chi connectivity index (χ1n) is 6.69. The predicted molar refractivity (Wildman–Crippen MR) is 67.4 cm³/mol. The molecule has 0 heterocycles. The lowest BCUT2D eigenvalue weighted by molar-refractivity contribution is 0.371. The molecule has 2 aliphatic rings. The lowest BCUT2D eigenvalue weighted by atomic mass is 9.84. The second-order valence-electron chi connectivity index (χ2n) is 5.47. The molecule has 2 atom stereocenters. The number of benzene rings is 1. The summed E-state index contributed by atoms with van der Waals surface area (Å²) in [5.41, 5.74) is 9.59. The molecule has 1 aromatic carbocycles. The van der Waals surface area contributed by atoms with Crippen LogP contribution in [0.3, 0.4) is 0 Å². The van der Waals surface area contributed by atoms with Crippen LogP contribution >= 0.6 is 0 Å². The van der Waals surface area contributed by atoms with Crippen LogP contribution < -0.4 is 5.73 Å². The molecule has 2 aliphatic carbocycles. The van der Waals surface area contributed by atoms with Gasteiger partial charge in [0.2, 0.25) is 0 Å². The average molecular weight is 215 g/mol. The molecule has 0 aliphatic heterocycles. The highest BCUT2D eigenvalue weighted by molar-refractivity contribution is 5.36. The highest BCUT2D eigenvalue weighted by atomic mass is 14.7. The van der Waals surface area contributed by atoms with E-state index < -0.39 is 0 Å². The Kier molecular flexibility index (Phi) is 2.72. The molecule has 0 amide bonds. The Bertz CT molecular complexity index is 365. The Hall–Kier alpha value is -0.820. The zero-order valence-corrected chi connectivity index (χ0v) is 9.86. The van der Waals surface area contributed by atoms with Crippen LogP contribution in [0.4, 0.5) is 0 Å². The third-order valence-corrected chi connectivity index (χ3v) is 4.59. The van der Waals surface area contributed by atoms with Crippen molar-refractivity contribution in [1.29, 1.82) is 0 Å². The van der Waals surface area contributed by atoms with Crippen LogP contribution in [0.5, 0.6) is 0 Å². The fourth-order valence-electron chi connectivity index (χ4n) is 3.66. The summed E-state index contributed by atoms with van der Waals surface area (Å²) < 4.78 is 0. The van der Waals surface area contributed by atoms with Crippen LogP contribution in [0.25, 0.3) is 0 Å². The second kappa shape index (κ2) is 4.21. The van der Waals surface area contributed by atoms with Crippen molar-refractivity contribution in [2.75, 3.05) is 0 Å². The Morgan fingerprint density at radius 2 is 1.81 bits per heavy atom. The molecule has 2 unspecified atom stereocenters. The molecule has 1 aromatic rings. The van der Waals surface area contributed by atoms with Crippen LogP contribution in [0, 0.1) is 5.92 Å². The highest BCUT2D eigenvalue weighted by Crippen LogP contribution is 2.40. The zero-order valence-electron chi connectivity index (χ0n) is 9.86. The summed E-state index contributed by atoms with van der Waals surface area (Å²) >= 11 is 0. The highest BCUT2D eigenvalue weighted by Gasteiger charge is 2.33. The van der Waals surface area contributed by atoms with Crippen molar-refractivity contribution in [2.45, 2.75) is 50.5 Å². The molecule has 0 bridgehead atoms. The summed E-state index contributed by atoms with van der Waals surface area (Å²) in [6.45, 7) is 0. The predicted octanol–water partition coefficient (Wildman–Crippen LogP) is 3.23. The van der Waals surface area contributed by atoms with Crippen LogP contribution in [0.1, 0.15) is 49.1 Å². The lowest BCUT2D eigenvalue weighted by Crippen LogP contribution is -2.34. The van der Waals surface area contributed by atoms with Crippen molar-refractivity contribution in [2.24, 2.45) is 11.7 Å². The van der Waals surface area contributed by atoms with Gasteiger partial charge < -0.3 is 5.73 Å². The first-order valence-corrected chi connectivity index (χ1v) is 6.69. The summed E-state index contributed by atoms with van der Waals surface area (Å²) in [5, 5.41) is 0. The van der Waals surface area contributed by atoms with Crippen LogP contribution in [0.15, 0.2) is 24.3 Å². The van der Waals surface area contributed by atoms with E-state index in [9.17, 15) is 0 Å². The Morgan fingerprint density at radius 1 is 1.06 bits per heavy atom. The van der Waals surface area contributed by atoms with Crippen molar-refractivity contribution in [3.63, 3.8) is 0 Å². The molecule has 16 heavy (non-hydrogen) atoms. The molecule has 1 heteroatoms. The summed E-state index contributed by atoms with van der Waals surface area (Å²) in [6.07, 6.45) is 8.03. The maximum absolute atomic E-state index is 6.50. The summed E-state index contributed by atoms with van der Waals surface area (Å²) in [6, 6.07) is 9.30. The number of fused-ring (bicyclic) bond motifs is 1. The number of hydrogen-bond acceptors (Lipinski definition) is 1. The maximum atomic E-state index is 6.50. The molecule has 0 aromatic heterocycles. The van der Waals surface area contributed by atoms with Crippen molar-refractivity contribution in [3.05, 3.63) is 35.4 Å². The van der Waals surface area contributed by atoms with Gasteiger partial charge in [0.05, 0.1) is 0 Å². The van der Waals surface area contributed by atoms with Gasteiger partial charge in [0.15, 0.2) is 0 Å². The molecule has 2 N–H and O–H groups in total. The van der Waals surface area contributed by atoms with Crippen LogP contribution in [-0.4, -0.2) is 6.04 Å². The SMILES string of the molecule is NC(C1CCCC1)C1CCc2ccccc21. The largest absolute Gasteiger partial charge is 0.327 e. The van der Waals surface area contributed by atoms with Gasteiger partial charge in [0.25, 0.3) is 0 Å². The van der Waals surface area contributed by atoms with E-state index in [1.807, 2.05) is 0 Å². The molecule has 1 nitrogen and oxygen atoms in total. The third-order valence-electron chi connectivity index (χ3n) is 4.59. The smallest absolute Gasteiger partial charge is 0.0136 e. The van der Waals surface area contributed by atoms with E-state index in [1.165, 1.54) is 38.5 Å². The maximum Gasteiger partial charge on any atom is 0.0136 e. The van der Waals surface area contributed by atoms with E-state index in [0.29, 0.717) is 12.0 Å². The quantitative estimate of drug-likeness (QED) is 0.805. The Balaban J connectivity index is 1.81. The van der Waals surface area contributed by atoms with Gasteiger partial charge in [-0.3, -0.25) is 0 Å². The van der Waals surface area contributed by atoms with Gasteiger partial charge in [-0.1, -0.05) is 37.1 Å². The van der Waals surface area contributed by atoms with Crippen molar-refractivity contribution in [3.8, 4) is 0 Å². The van der Waals surface area contributed by atoms with E-state index in [-0.39, 0.29) is 0 Å². The fourth-order valence-corrected chi connectivity index (χ4v) is 3.66. The summed E-state index contributed by atoms with van der Waals surface area (Å²) in [4.78, 5) is 0. The average Bonchev–Trinajstić information content (AvgIpc) is 2.98. The van der Waals surface area contributed by atoms with E-state index >= 15 is 0 Å². The van der Waals surface area contributed by atoms with E-state index in [1.54, 1.807) is 11.1 Å². The number of hydrogen-bond donors (Lipinski definition) is 1. The van der Waals surface area contributed by atoms with Gasteiger partial charge in [-0.2, -0.15) is 0 Å². The number of aryl methyl sites for hydroxylation is 1. The van der Waals surface area contributed by atoms with Crippen LogP contribution in [0.2, 0.25) is 0 Å². The monoisotopic (exact) mass is 215 g/mol. The molecule has 3 rings (SSSR count). The minimum absolute atomic E-state index is 0.408. The van der Waals surface area contributed by atoms with Crippen molar-refractivity contribution >= 4 is 0 Å². The van der Waals surface area contributed by atoms with E-state index in [2.05, 4.69) is 24.3 Å². The summed E-state index contributed by atoms with van der Waals surface area (Å²) in [5.74, 6) is 1.43. The first kappa shape index (κ1) is 10.3. The molecular weight excluding hydrogens is 194 g/mol. The third kappa shape index (κ3) is 1.67. The molecule has 1 fully saturated rings. The minimum Gasteiger partial charge on any atom is -0.327 e. The molecule has 0 spiro atoms. The van der Waals surface area contributed by atoms with Gasteiger partial charge in [-0.05, 0) is 48.6 Å². The second-order valence-corrected chi connectivity index (χ2v) is 5.47. The lowest BCUT2D eigenvalue weighted by Gasteiger charge is -2.26. The number of rotatable bonds is 2. The van der Waals surface area contributed by atoms with E-state index in [4.69, 9.17) is 5.73 Å². The zero-order chi connectivity index (χ0) is 11.0. The standard InChI is InChI=1S/C15H21N/c16-15(12-6-1-2-7-12)14-10-9-11-5-3-4-8-13(11)14/h3-5,8,12,14-15H,1-2,6-7,9-10,16H2. The van der Waals surface area contributed by atoms with Gasteiger partial charge >= 0.3 is 0 Å². The van der Waals surface area contributed by atoms with Gasteiger partial charge in [0.1, 0.15) is 0 Å². The molecule has 1 saturated carbocycles. The van der Waals surface area contributed by atoms with Gasteiger partial charge in [-0.25, -0.2) is 0 Å². The fraction of sp³-hybridized carbons (Fsp3) is 0.600. The minimum atomic E-state index is 0.408. The normalized spacial score (nSPS) is 26.9. The van der Waals surface area contributed by atoms with Crippen molar-refractivity contribution < 1.29 is 0 Å². The first-order chi connectivity index (χ1) is 7.86. The topological polar surface area (TPSA) is 26.0 Å². The van der Waals surface area contributed by atoms with E-state index in [0.717, 1.165) is 5.92 Å². The number of nitrogens with two attached hydrogens (primary N) is 1. The molecular formula is C15H21N. The van der Waals surface area contributed by atoms with Gasteiger partial charge in [0, 0.05) is 6.04 Å². The Morgan fingerprint density at radius 3 is 2.62 bits per heavy atom. The summed E-state index contributed by atoms with van der Waals surface area (Å²) in [7, 11) is 0. The Labute approximate surface area is 98.0 Å².